The molecule has 0 bridgehead atoms. The molecule has 1 atom stereocenters. The number of hydrogen-bond donors (Lipinski definition) is 2. The fraction of sp³-hybridized carbons (Fsp3) is 0.462. The molecule has 0 aliphatic carbocycles. The van der Waals surface area contributed by atoms with E-state index < -0.39 is 11.7 Å². The van der Waals surface area contributed by atoms with E-state index in [4.69, 9.17) is 4.74 Å². The number of ether oxygens (including phenoxy) is 1. The molecule has 1 amide bonds. The van der Waals surface area contributed by atoms with Gasteiger partial charge in [0.05, 0.1) is 12.7 Å². The Morgan fingerprint density at radius 1 is 1.63 bits per heavy atom. The number of likely N-dealkylation sites (N-methyl/N-ethyl adjacent to an activating group) is 1. The van der Waals surface area contributed by atoms with Crippen LogP contribution in [0.1, 0.15) is 10.4 Å². The maximum Gasteiger partial charge on any atom is 0.260 e. The summed E-state index contributed by atoms with van der Waals surface area (Å²) in [6, 6.07) is 3.84. The predicted octanol–water partition coefficient (Wildman–Crippen LogP) is 0.592. The Balaban J connectivity index is 2.15. The van der Waals surface area contributed by atoms with Crippen molar-refractivity contribution in [3.05, 3.63) is 29.6 Å². The molecular weight excluding hydrogens is 251 g/mol. The molecule has 2 N–H and O–H groups in total. The lowest BCUT2D eigenvalue weighted by atomic mass is 10.1. The Labute approximate surface area is 111 Å². The van der Waals surface area contributed by atoms with Crippen LogP contribution in [0.3, 0.4) is 0 Å². The van der Waals surface area contributed by atoms with Gasteiger partial charge in [-0.3, -0.25) is 4.79 Å². The zero-order valence-electron chi connectivity index (χ0n) is 10.7. The van der Waals surface area contributed by atoms with E-state index in [9.17, 15) is 14.3 Å². The highest BCUT2D eigenvalue weighted by atomic mass is 19.1. The predicted molar refractivity (Wildman–Crippen MR) is 67.6 cm³/mol. The van der Waals surface area contributed by atoms with Gasteiger partial charge in [-0.2, -0.15) is 0 Å². The van der Waals surface area contributed by atoms with Crippen LogP contribution in [0, 0.1) is 5.82 Å². The Hall–Kier alpha value is -1.66. The average Bonchev–Trinajstić information content (AvgIpc) is 2.39. The van der Waals surface area contributed by atoms with Crippen LogP contribution in [-0.2, 0) is 4.74 Å². The first-order valence-electron chi connectivity index (χ1n) is 6.16. The van der Waals surface area contributed by atoms with Gasteiger partial charge in [-0.05, 0) is 19.2 Å². The van der Waals surface area contributed by atoms with Crippen molar-refractivity contribution >= 4 is 5.91 Å². The van der Waals surface area contributed by atoms with Gasteiger partial charge in [-0.25, -0.2) is 4.39 Å². The van der Waals surface area contributed by atoms with Gasteiger partial charge in [0.1, 0.15) is 17.1 Å². The number of carbonyl (C=O) groups excluding carboxylic acids is 1. The fourth-order valence-electron chi connectivity index (χ4n) is 2.14. The number of nitrogens with one attached hydrogen (secondary N) is 1. The SMILES string of the molecule is CNCC1CN(C(=O)c2c(O)cccc2F)CCO1. The second-order valence-electron chi connectivity index (χ2n) is 4.44. The number of benzene rings is 1. The molecule has 104 valence electrons. The molecule has 1 aliphatic heterocycles. The van der Waals surface area contributed by atoms with Crippen molar-refractivity contribution in [2.24, 2.45) is 0 Å². The standard InChI is InChI=1S/C13H17FN2O3/c1-15-7-9-8-16(5-6-19-9)13(18)12-10(14)3-2-4-11(12)17/h2-4,9,15,17H,5-8H2,1H3. The Bertz CT molecular complexity index is 445. The van der Waals surface area contributed by atoms with Crippen LogP contribution < -0.4 is 5.32 Å². The van der Waals surface area contributed by atoms with E-state index in [0.29, 0.717) is 26.2 Å². The maximum atomic E-state index is 13.6. The number of halogens is 1. The molecule has 19 heavy (non-hydrogen) atoms. The summed E-state index contributed by atoms with van der Waals surface area (Å²) in [4.78, 5) is 13.7. The van der Waals surface area contributed by atoms with Gasteiger partial charge in [0.2, 0.25) is 0 Å². The minimum atomic E-state index is -0.707. The van der Waals surface area contributed by atoms with Crippen LogP contribution >= 0.6 is 0 Å². The molecule has 0 saturated carbocycles. The lowest BCUT2D eigenvalue weighted by molar-refractivity contribution is -0.0198. The number of aromatic hydroxyl groups is 1. The highest BCUT2D eigenvalue weighted by Gasteiger charge is 2.27. The van der Waals surface area contributed by atoms with E-state index in [2.05, 4.69) is 5.32 Å². The van der Waals surface area contributed by atoms with Crippen molar-refractivity contribution in [1.82, 2.24) is 10.2 Å². The molecule has 1 fully saturated rings. The molecular formula is C13H17FN2O3. The number of phenolic OH excluding ortho intramolecular Hbond substituents is 1. The quantitative estimate of drug-likeness (QED) is 0.842. The van der Waals surface area contributed by atoms with E-state index in [1.54, 1.807) is 7.05 Å². The smallest absolute Gasteiger partial charge is 0.260 e. The molecule has 2 rings (SSSR count). The van der Waals surface area contributed by atoms with Crippen molar-refractivity contribution in [3.8, 4) is 5.75 Å². The molecule has 1 aromatic carbocycles. The first kappa shape index (κ1) is 13.8. The summed E-state index contributed by atoms with van der Waals surface area (Å²) in [6.45, 7) is 1.81. The minimum Gasteiger partial charge on any atom is -0.507 e. The van der Waals surface area contributed by atoms with Crippen LogP contribution in [0.4, 0.5) is 4.39 Å². The summed E-state index contributed by atoms with van der Waals surface area (Å²) in [5, 5.41) is 12.6. The molecule has 5 nitrogen and oxygen atoms in total. The van der Waals surface area contributed by atoms with E-state index in [0.717, 1.165) is 0 Å². The second kappa shape index (κ2) is 5.99. The van der Waals surface area contributed by atoms with E-state index in [1.165, 1.54) is 23.1 Å². The summed E-state index contributed by atoms with van der Waals surface area (Å²) in [5.74, 6) is -1.54. The number of morpholine rings is 1. The molecule has 1 saturated heterocycles. The van der Waals surface area contributed by atoms with Gasteiger partial charge in [-0.1, -0.05) is 6.07 Å². The molecule has 0 radical (unpaired) electrons. The van der Waals surface area contributed by atoms with Gasteiger partial charge in [0.15, 0.2) is 0 Å². The number of amides is 1. The fourth-order valence-corrected chi connectivity index (χ4v) is 2.14. The lowest BCUT2D eigenvalue weighted by Crippen LogP contribution is -2.48. The van der Waals surface area contributed by atoms with Crippen molar-refractivity contribution in [2.75, 3.05) is 33.3 Å². The molecule has 1 aromatic rings. The van der Waals surface area contributed by atoms with E-state index in [-0.39, 0.29) is 17.4 Å². The lowest BCUT2D eigenvalue weighted by Gasteiger charge is -2.33. The van der Waals surface area contributed by atoms with E-state index in [1.807, 2.05) is 0 Å². The number of nitrogens with zero attached hydrogens (tertiary/aromatic N) is 1. The van der Waals surface area contributed by atoms with Crippen LogP contribution in [0.15, 0.2) is 18.2 Å². The molecule has 1 unspecified atom stereocenters. The van der Waals surface area contributed by atoms with Gasteiger partial charge in [-0.15, -0.1) is 0 Å². The number of carbonyl (C=O) groups is 1. The van der Waals surface area contributed by atoms with Crippen LogP contribution in [0.2, 0.25) is 0 Å². The Kier molecular flexibility index (Phi) is 4.34. The van der Waals surface area contributed by atoms with Gasteiger partial charge >= 0.3 is 0 Å². The van der Waals surface area contributed by atoms with Crippen LogP contribution in [0.25, 0.3) is 0 Å². The van der Waals surface area contributed by atoms with Gasteiger partial charge < -0.3 is 20.1 Å². The zero-order chi connectivity index (χ0) is 13.8. The summed E-state index contributed by atoms with van der Waals surface area (Å²) in [5.41, 5.74) is -0.271. The van der Waals surface area contributed by atoms with Crippen LogP contribution in [0.5, 0.6) is 5.75 Å². The highest BCUT2D eigenvalue weighted by molar-refractivity contribution is 5.97. The summed E-state index contributed by atoms with van der Waals surface area (Å²) >= 11 is 0. The Morgan fingerprint density at radius 3 is 3.11 bits per heavy atom. The first-order valence-corrected chi connectivity index (χ1v) is 6.16. The zero-order valence-corrected chi connectivity index (χ0v) is 10.7. The minimum absolute atomic E-state index is 0.114. The molecule has 1 aliphatic rings. The largest absolute Gasteiger partial charge is 0.507 e. The van der Waals surface area contributed by atoms with Crippen molar-refractivity contribution in [3.63, 3.8) is 0 Å². The highest BCUT2D eigenvalue weighted by Crippen LogP contribution is 2.22. The topological polar surface area (TPSA) is 61.8 Å². The van der Waals surface area contributed by atoms with Crippen molar-refractivity contribution in [2.45, 2.75) is 6.10 Å². The molecule has 6 heteroatoms. The van der Waals surface area contributed by atoms with Gasteiger partial charge in [0.25, 0.3) is 5.91 Å². The van der Waals surface area contributed by atoms with Crippen molar-refractivity contribution < 1.29 is 19.0 Å². The second-order valence-corrected chi connectivity index (χ2v) is 4.44. The maximum absolute atomic E-state index is 13.6. The summed E-state index contributed by atoms with van der Waals surface area (Å²) in [6.07, 6.45) is -0.114. The molecule has 1 heterocycles. The summed E-state index contributed by atoms with van der Waals surface area (Å²) in [7, 11) is 1.80. The van der Waals surface area contributed by atoms with Crippen molar-refractivity contribution in [1.29, 1.82) is 0 Å². The summed E-state index contributed by atoms with van der Waals surface area (Å²) < 4.78 is 19.1. The normalized spacial score (nSPS) is 19.5. The third kappa shape index (κ3) is 3.02. The van der Waals surface area contributed by atoms with Crippen LogP contribution in [-0.4, -0.2) is 55.3 Å². The third-order valence-electron chi connectivity index (χ3n) is 3.06. The third-order valence-corrected chi connectivity index (χ3v) is 3.06. The molecule has 0 aromatic heterocycles. The first-order chi connectivity index (χ1) is 9.13. The number of hydrogen-bond acceptors (Lipinski definition) is 4. The van der Waals surface area contributed by atoms with Gasteiger partial charge in [0, 0.05) is 19.6 Å². The molecule has 0 spiro atoms. The van der Waals surface area contributed by atoms with E-state index >= 15 is 0 Å². The number of phenols is 1. The average molecular weight is 268 g/mol. The Morgan fingerprint density at radius 2 is 2.42 bits per heavy atom. The monoisotopic (exact) mass is 268 g/mol. The number of rotatable bonds is 3.